The second-order valence-corrected chi connectivity index (χ2v) is 8.16. The highest BCUT2D eigenvalue weighted by molar-refractivity contribution is 7.13. The number of aromatic nitrogens is 3. The molecule has 0 aliphatic heterocycles. The molecule has 0 saturated carbocycles. The molecule has 1 aromatic carbocycles. The summed E-state index contributed by atoms with van der Waals surface area (Å²) in [5, 5.41) is 5.85. The fourth-order valence-corrected chi connectivity index (χ4v) is 4.05. The lowest BCUT2D eigenvalue weighted by molar-refractivity contribution is -0.121. The summed E-state index contributed by atoms with van der Waals surface area (Å²) in [6.45, 7) is 6.14. The Balaban J connectivity index is 1.49. The van der Waals surface area contributed by atoms with Crippen LogP contribution in [0, 0.1) is 12.8 Å². The molecule has 4 rings (SSSR count). The molecular weight excluding hydrogens is 384 g/mol. The fourth-order valence-electron chi connectivity index (χ4n) is 3.28. The molecule has 4 aromatic rings. The largest absolute Gasteiger partial charge is 0.459 e. The third kappa shape index (κ3) is 4.24. The quantitative estimate of drug-likeness (QED) is 0.449. The number of amides is 1. The van der Waals surface area contributed by atoms with Gasteiger partial charge in [0.25, 0.3) is 0 Å². The van der Waals surface area contributed by atoms with Gasteiger partial charge in [-0.3, -0.25) is 4.79 Å². The van der Waals surface area contributed by atoms with Crippen LogP contribution < -0.4 is 5.32 Å². The maximum absolute atomic E-state index is 12.8. The Morgan fingerprint density at radius 1 is 1.24 bits per heavy atom. The Kier molecular flexibility index (Phi) is 5.49. The second kappa shape index (κ2) is 8.21. The number of fused-ring (bicyclic) bond motifs is 1. The molecule has 0 saturated heterocycles. The number of carbonyl (C=O) groups excluding carboxylic acids is 1. The Hall–Kier alpha value is -2.93. The number of imidazole rings is 1. The number of nitrogens with zero attached hydrogens (tertiary/aromatic N) is 2. The van der Waals surface area contributed by atoms with Crippen LogP contribution in [0.25, 0.3) is 21.8 Å². The Morgan fingerprint density at radius 3 is 2.79 bits per heavy atom. The SMILES string of the molecule is CCC(C)C(NC(=O)Cc1csc(-c2ccc(C)o2)n1)c1nc2ccccc2[nH]1. The van der Waals surface area contributed by atoms with E-state index >= 15 is 0 Å². The predicted octanol–water partition coefficient (Wildman–Crippen LogP) is 5.03. The van der Waals surface area contributed by atoms with E-state index in [1.807, 2.05) is 48.7 Å². The number of benzene rings is 1. The predicted molar refractivity (Wildman–Crippen MR) is 115 cm³/mol. The molecular formula is C22H24N4O2S. The van der Waals surface area contributed by atoms with Crippen molar-refractivity contribution in [1.82, 2.24) is 20.3 Å². The number of carbonyl (C=O) groups is 1. The Labute approximate surface area is 173 Å². The highest BCUT2D eigenvalue weighted by Gasteiger charge is 2.24. The van der Waals surface area contributed by atoms with Crippen LogP contribution in [-0.2, 0) is 11.2 Å². The third-order valence-corrected chi connectivity index (χ3v) is 5.98. The summed E-state index contributed by atoms with van der Waals surface area (Å²) in [6.07, 6.45) is 1.16. The minimum atomic E-state index is -0.175. The summed E-state index contributed by atoms with van der Waals surface area (Å²) in [4.78, 5) is 25.4. The van der Waals surface area contributed by atoms with Crippen LogP contribution >= 0.6 is 11.3 Å². The van der Waals surface area contributed by atoms with E-state index in [0.29, 0.717) is 0 Å². The summed E-state index contributed by atoms with van der Waals surface area (Å²) < 4.78 is 5.62. The van der Waals surface area contributed by atoms with Crippen molar-refractivity contribution in [3.63, 3.8) is 0 Å². The zero-order valence-electron chi connectivity index (χ0n) is 16.7. The molecule has 1 amide bonds. The second-order valence-electron chi connectivity index (χ2n) is 7.30. The van der Waals surface area contributed by atoms with Gasteiger partial charge in [0.05, 0.1) is 29.2 Å². The highest BCUT2D eigenvalue weighted by Crippen LogP contribution is 2.27. The number of rotatable bonds is 7. The van der Waals surface area contributed by atoms with Gasteiger partial charge in [-0.25, -0.2) is 9.97 Å². The molecule has 3 heterocycles. The minimum absolute atomic E-state index is 0.0665. The van der Waals surface area contributed by atoms with Gasteiger partial charge in [-0.1, -0.05) is 32.4 Å². The summed E-state index contributed by atoms with van der Waals surface area (Å²) in [5.74, 6) is 2.55. The van der Waals surface area contributed by atoms with E-state index in [-0.39, 0.29) is 24.3 Å². The first-order valence-electron chi connectivity index (χ1n) is 9.78. The number of hydrogen-bond donors (Lipinski definition) is 2. The van der Waals surface area contributed by atoms with Gasteiger partial charge < -0.3 is 14.7 Å². The number of hydrogen-bond acceptors (Lipinski definition) is 5. The molecule has 0 aliphatic rings. The minimum Gasteiger partial charge on any atom is -0.459 e. The van der Waals surface area contributed by atoms with Crippen LogP contribution in [0.2, 0.25) is 0 Å². The van der Waals surface area contributed by atoms with Gasteiger partial charge in [0.2, 0.25) is 5.91 Å². The molecule has 2 atom stereocenters. The van der Waals surface area contributed by atoms with Crippen LogP contribution in [0.5, 0.6) is 0 Å². The number of nitrogens with one attached hydrogen (secondary N) is 2. The van der Waals surface area contributed by atoms with Crippen molar-refractivity contribution in [3.8, 4) is 10.8 Å². The molecule has 29 heavy (non-hydrogen) atoms. The van der Waals surface area contributed by atoms with E-state index in [2.05, 4.69) is 29.1 Å². The lowest BCUT2D eigenvalue weighted by Crippen LogP contribution is -2.34. The first kappa shape index (κ1) is 19.4. The summed E-state index contributed by atoms with van der Waals surface area (Å²) in [5.41, 5.74) is 2.62. The van der Waals surface area contributed by atoms with Crippen molar-refractivity contribution in [3.05, 3.63) is 59.1 Å². The Bertz CT molecular complexity index is 1090. The molecule has 2 unspecified atom stereocenters. The molecule has 0 radical (unpaired) electrons. The van der Waals surface area contributed by atoms with E-state index in [9.17, 15) is 4.79 Å². The summed E-state index contributed by atoms with van der Waals surface area (Å²) in [6, 6.07) is 11.5. The molecule has 0 fully saturated rings. The number of aryl methyl sites for hydroxylation is 1. The van der Waals surface area contributed by atoms with Crippen LogP contribution in [0.1, 0.15) is 43.6 Å². The third-order valence-electron chi connectivity index (χ3n) is 5.08. The average Bonchev–Trinajstić information content (AvgIpc) is 3.44. The van der Waals surface area contributed by atoms with E-state index < -0.39 is 0 Å². The normalized spacial score (nSPS) is 13.5. The highest BCUT2D eigenvalue weighted by atomic mass is 32.1. The van der Waals surface area contributed by atoms with Gasteiger partial charge >= 0.3 is 0 Å². The van der Waals surface area contributed by atoms with E-state index in [0.717, 1.165) is 45.5 Å². The van der Waals surface area contributed by atoms with Crippen molar-refractivity contribution < 1.29 is 9.21 Å². The topological polar surface area (TPSA) is 83.8 Å². The standard InChI is InChI=1S/C22H24N4O2S/c1-4-13(2)20(21-24-16-7-5-6-8-17(16)25-21)26-19(27)11-15-12-29-22(23-15)18-10-9-14(3)28-18/h5-10,12-13,20H,4,11H2,1-3H3,(H,24,25)(H,26,27). The van der Waals surface area contributed by atoms with Crippen molar-refractivity contribution >= 4 is 28.3 Å². The number of H-pyrrole nitrogens is 1. The molecule has 7 heteroatoms. The zero-order valence-corrected chi connectivity index (χ0v) is 17.5. The number of aromatic amines is 1. The van der Waals surface area contributed by atoms with Gasteiger partial charge in [-0.05, 0) is 37.1 Å². The zero-order chi connectivity index (χ0) is 20.4. The lowest BCUT2D eigenvalue weighted by Gasteiger charge is -2.22. The molecule has 0 spiro atoms. The molecule has 2 N–H and O–H groups in total. The van der Waals surface area contributed by atoms with Crippen molar-refractivity contribution in [2.45, 2.75) is 39.7 Å². The molecule has 150 valence electrons. The number of thiazole rings is 1. The van der Waals surface area contributed by atoms with Crippen LogP contribution in [-0.4, -0.2) is 20.9 Å². The number of furan rings is 1. The molecule has 6 nitrogen and oxygen atoms in total. The van der Waals surface area contributed by atoms with Gasteiger partial charge in [0, 0.05) is 5.38 Å². The van der Waals surface area contributed by atoms with Crippen molar-refractivity contribution in [2.75, 3.05) is 0 Å². The Morgan fingerprint density at radius 2 is 2.07 bits per heavy atom. The maximum atomic E-state index is 12.8. The lowest BCUT2D eigenvalue weighted by atomic mass is 9.98. The average molecular weight is 409 g/mol. The molecule has 0 bridgehead atoms. The van der Waals surface area contributed by atoms with Gasteiger partial charge in [0.15, 0.2) is 10.8 Å². The van der Waals surface area contributed by atoms with Crippen molar-refractivity contribution in [2.24, 2.45) is 5.92 Å². The monoisotopic (exact) mass is 408 g/mol. The van der Waals surface area contributed by atoms with E-state index in [1.54, 1.807) is 0 Å². The van der Waals surface area contributed by atoms with Crippen LogP contribution in [0.3, 0.4) is 0 Å². The maximum Gasteiger partial charge on any atom is 0.226 e. The van der Waals surface area contributed by atoms with E-state index in [4.69, 9.17) is 9.40 Å². The van der Waals surface area contributed by atoms with Gasteiger partial charge in [0.1, 0.15) is 11.6 Å². The van der Waals surface area contributed by atoms with Crippen molar-refractivity contribution in [1.29, 1.82) is 0 Å². The first-order valence-corrected chi connectivity index (χ1v) is 10.7. The smallest absolute Gasteiger partial charge is 0.226 e. The van der Waals surface area contributed by atoms with Crippen LogP contribution in [0.15, 0.2) is 46.2 Å². The summed E-state index contributed by atoms with van der Waals surface area (Å²) in [7, 11) is 0. The van der Waals surface area contributed by atoms with Gasteiger partial charge in [-0.15, -0.1) is 11.3 Å². The molecule has 3 aromatic heterocycles. The molecule has 0 aliphatic carbocycles. The van der Waals surface area contributed by atoms with Gasteiger partial charge in [-0.2, -0.15) is 0 Å². The van der Waals surface area contributed by atoms with Crippen LogP contribution in [0.4, 0.5) is 0 Å². The fraction of sp³-hybridized carbons (Fsp3) is 0.318. The summed E-state index contributed by atoms with van der Waals surface area (Å²) >= 11 is 1.48. The first-order chi connectivity index (χ1) is 14.0. The van der Waals surface area contributed by atoms with E-state index in [1.165, 1.54) is 11.3 Å². The number of para-hydroxylation sites is 2.